The van der Waals surface area contributed by atoms with E-state index in [9.17, 15) is 0 Å². The van der Waals surface area contributed by atoms with Crippen LogP contribution in [0.15, 0.2) is 4.99 Å². The lowest BCUT2D eigenvalue weighted by molar-refractivity contribution is 0.0888. The van der Waals surface area contributed by atoms with E-state index in [1.165, 1.54) is 25.9 Å². The van der Waals surface area contributed by atoms with Gasteiger partial charge in [-0.2, -0.15) is 0 Å². The molecule has 2 saturated heterocycles. The molecule has 2 heterocycles. The van der Waals surface area contributed by atoms with Gasteiger partial charge in [-0.25, -0.2) is 0 Å². The molecule has 0 amide bonds. The monoisotopic (exact) mass is 482 g/mol. The molecule has 2 aliphatic rings. The van der Waals surface area contributed by atoms with Crippen LogP contribution in [0.3, 0.4) is 0 Å². The molecule has 0 aromatic rings. The molecule has 2 aliphatic heterocycles. The quantitative estimate of drug-likeness (QED) is 0.229. The number of nitrogens with one attached hydrogen (secondary N) is 2. The van der Waals surface area contributed by atoms with Crippen molar-refractivity contribution in [2.45, 2.75) is 45.6 Å². The van der Waals surface area contributed by atoms with Gasteiger partial charge in [0, 0.05) is 45.3 Å². The highest BCUT2D eigenvalue weighted by atomic mass is 127. The Kier molecular flexibility index (Phi) is 12.8. The van der Waals surface area contributed by atoms with Gasteiger partial charge in [-0.3, -0.25) is 9.89 Å². The third-order valence-corrected chi connectivity index (χ3v) is 5.37. The zero-order valence-corrected chi connectivity index (χ0v) is 19.2. The van der Waals surface area contributed by atoms with Crippen molar-refractivity contribution >= 4 is 29.9 Å². The Balaban J connectivity index is 0.00000338. The Morgan fingerprint density at radius 2 is 2.04 bits per heavy atom. The lowest BCUT2D eigenvalue weighted by Crippen LogP contribution is -2.48. The first-order valence-electron chi connectivity index (χ1n) is 10.0. The Labute approximate surface area is 176 Å². The normalized spacial score (nSPS) is 23.5. The number of ether oxygens (including phenoxy) is 2. The number of likely N-dealkylation sites (tertiary alicyclic amines) is 1. The second-order valence-electron chi connectivity index (χ2n) is 7.61. The molecule has 0 saturated carbocycles. The van der Waals surface area contributed by atoms with Crippen molar-refractivity contribution in [3.8, 4) is 0 Å². The summed E-state index contributed by atoms with van der Waals surface area (Å²) in [5, 5.41) is 6.83. The van der Waals surface area contributed by atoms with Crippen LogP contribution < -0.4 is 10.6 Å². The zero-order chi connectivity index (χ0) is 17.9. The summed E-state index contributed by atoms with van der Waals surface area (Å²) in [4.78, 5) is 6.90. The molecule has 0 spiro atoms. The number of aliphatic imine (C=N–C) groups is 1. The molecule has 0 bridgehead atoms. The SMILES string of the molecule is CN=C(NCCCOCC1CCOC1)NCC(C)N1CCC(C)CC1.I. The molecule has 0 aromatic heterocycles. The summed E-state index contributed by atoms with van der Waals surface area (Å²) >= 11 is 0. The summed E-state index contributed by atoms with van der Waals surface area (Å²) < 4.78 is 11.1. The molecule has 2 atom stereocenters. The van der Waals surface area contributed by atoms with Crippen molar-refractivity contribution in [1.82, 2.24) is 15.5 Å². The van der Waals surface area contributed by atoms with Crippen LogP contribution in [0.1, 0.15) is 39.5 Å². The van der Waals surface area contributed by atoms with Crippen molar-refractivity contribution in [1.29, 1.82) is 0 Å². The van der Waals surface area contributed by atoms with E-state index in [4.69, 9.17) is 9.47 Å². The Morgan fingerprint density at radius 3 is 2.69 bits per heavy atom. The van der Waals surface area contributed by atoms with Gasteiger partial charge in [0.2, 0.25) is 0 Å². The minimum atomic E-state index is 0. The molecule has 6 nitrogen and oxygen atoms in total. The molecule has 0 radical (unpaired) electrons. The second-order valence-corrected chi connectivity index (χ2v) is 7.61. The van der Waals surface area contributed by atoms with E-state index in [2.05, 4.69) is 34.4 Å². The third-order valence-electron chi connectivity index (χ3n) is 5.37. The van der Waals surface area contributed by atoms with Gasteiger partial charge in [-0.05, 0) is 51.6 Å². The molecule has 26 heavy (non-hydrogen) atoms. The van der Waals surface area contributed by atoms with Crippen LogP contribution in [-0.2, 0) is 9.47 Å². The summed E-state index contributed by atoms with van der Waals surface area (Å²) in [5.74, 6) is 2.37. The van der Waals surface area contributed by atoms with E-state index < -0.39 is 0 Å². The Bertz CT molecular complexity index is 384. The van der Waals surface area contributed by atoms with Gasteiger partial charge in [0.25, 0.3) is 0 Å². The fourth-order valence-corrected chi connectivity index (χ4v) is 3.41. The number of hydrogen-bond donors (Lipinski definition) is 2. The van der Waals surface area contributed by atoms with Crippen LogP contribution in [0.5, 0.6) is 0 Å². The molecule has 2 fully saturated rings. The lowest BCUT2D eigenvalue weighted by atomic mass is 9.98. The first-order valence-corrected chi connectivity index (χ1v) is 10.0. The highest BCUT2D eigenvalue weighted by Crippen LogP contribution is 2.17. The zero-order valence-electron chi connectivity index (χ0n) is 16.8. The van der Waals surface area contributed by atoms with E-state index in [1.54, 1.807) is 0 Å². The van der Waals surface area contributed by atoms with Crippen LogP contribution in [0.25, 0.3) is 0 Å². The first kappa shape index (κ1) is 23.9. The summed E-state index contributed by atoms with van der Waals surface area (Å²) in [6.45, 7) is 12.3. The van der Waals surface area contributed by atoms with Crippen molar-refractivity contribution in [2.75, 3.05) is 59.7 Å². The van der Waals surface area contributed by atoms with E-state index in [1.807, 2.05) is 7.05 Å². The van der Waals surface area contributed by atoms with Crippen LogP contribution in [-0.4, -0.2) is 76.6 Å². The van der Waals surface area contributed by atoms with Gasteiger partial charge in [0.15, 0.2) is 5.96 Å². The van der Waals surface area contributed by atoms with Crippen molar-refractivity contribution in [3.63, 3.8) is 0 Å². The minimum absolute atomic E-state index is 0. The summed E-state index contributed by atoms with van der Waals surface area (Å²) in [7, 11) is 1.83. The smallest absolute Gasteiger partial charge is 0.191 e. The first-order chi connectivity index (χ1) is 12.2. The molecule has 154 valence electrons. The second kappa shape index (κ2) is 14.0. The molecule has 0 aromatic carbocycles. The van der Waals surface area contributed by atoms with Gasteiger partial charge in [0.1, 0.15) is 0 Å². The van der Waals surface area contributed by atoms with Crippen LogP contribution >= 0.6 is 24.0 Å². The van der Waals surface area contributed by atoms with Crippen LogP contribution in [0, 0.1) is 11.8 Å². The summed E-state index contributed by atoms with van der Waals surface area (Å²) in [6.07, 6.45) is 4.78. The van der Waals surface area contributed by atoms with Gasteiger partial charge < -0.3 is 20.1 Å². The highest BCUT2D eigenvalue weighted by molar-refractivity contribution is 14.0. The van der Waals surface area contributed by atoms with Crippen molar-refractivity contribution in [3.05, 3.63) is 0 Å². The lowest BCUT2D eigenvalue weighted by Gasteiger charge is -2.35. The molecular formula is C19H39IN4O2. The van der Waals surface area contributed by atoms with Gasteiger partial charge in [-0.15, -0.1) is 24.0 Å². The number of nitrogens with zero attached hydrogens (tertiary/aromatic N) is 2. The minimum Gasteiger partial charge on any atom is -0.381 e. The van der Waals surface area contributed by atoms with E-state index in [0.717, 1.165) is 64.2 Å². The molecule has 0 aliphatic carbocycles. The Hall–Kier alpha value is -0.120. The van der Waals surface area contributed by atoms with E-state index in [-0.39, 0.29) is 24.0 Å². The molecule has 7 heteroatoms. The number of halogens is 1. The van der Waals surface area contributed by atoms with E-state index in [0.29, 0.717) is 12.0 Å². The molecule has 2 N–H and O–H groups in total. The maximum absolute atomic E-state index is 5.73. The van der Waals surface area contributed by atoms with Crippen LogP contribution in [0.2, 0.25) is 0 Å². The molecule has 2 rings (SSSR count). The number of guanidine groups is 1. The fourth-order valence-electron chi connectivity index (χ4n) is 3.41. The van der Waals surface area contributed by atoms with Gasteiger partial charge in [0.05, 0.1) is 13.2 Å². The third kappa shape index (κ3) is 9.19. The van der Waals surface area contributed by atoms with Gasteiger partial charge >= 0.3 is 0 Å². The highest BCUT2D eigenvalue weighted by Gasteiger charge is 2.20. The number of piperidine rings is 1. The topological polar surface area (TPSA) is 58.1 Å². The van der Waals surface area contributed by atoms with Crippen molar-refractivity contribution < 1.29 is 9.47 Å². The Morgan fingerprint density at radius 1 is 1.27 bits per heavy atom. The largest absolute Gasteiger partial charge is 0.381 e. The standard InChI is InChI=1S/C19H38N4O2.HI/c1-16-5-9-23(10-6-16)17(2)13-22-19(20-3)21-8-4-11-24-14-18-7-12-25-15-18;/h16-18H,4-15H2,1-3H3,(H2,20,21,22);1H. The van der Waals surface area contributed by atoms with Gasteiger partial charge in [-0.1, -0.05) is 6.92 Å². The summed E-state index contributed by atoms with van der Waals surface area (Å²) in [5.41, 5.74) is 0. The predicted molar refractivity (Wildman–Crippen MR) is 119 cm³/mol. The average molecular weight is 482 g/mol. The summed E-state index contributed by atoms with van der Waals surface area (Å²) in [6, 6.07) is 0.544. The number of hydrogen-bond acceptors (Lipinski definition) is 4. The van der Waals surface area contributed by atoms with E-state index >= 15 is 0 Å². The predicted octanol–water partition coefficient (Wildman–Crippen LogP) is 2.33. The maximum atomic E-state index is 5.73. The van der Waals surface area contributed by atoms with Crippen molar-refractivity contribution in [2.24, 2.45) is 16.8 Å². The maximum Gasteiger partial charge on any atom is 0.191 e. The molecule has 2 unspecified atom stereocenters. The fraction of sp³-hybridized carbons (Fsp3) is 0.947. The molecular weight excluding hydrogens is 443 g/mol. The average Bonchev–Trinajstić information content (AvgIpc) is 3.14. The number of rotatable bonds is 9. The van der Waals surface area contributed by atoms with Crippen LogP contribution in [0.4, 0.5) is 0 Å².